The molecule has 0 aliphatic heterocycles. The molecule has 0 aliphatic carbocycles. The molecule has 26 heavy (non-hydrogen) atoms. The minimum Gasteiger partial charge on any atom is -0.307 e. The molecule has 0 atom stereocenters. The van der Waals surface area contributed by atoms with Crippen LogP contribution < -0.4 is 10.7 Å². The molecule has 0 saturated carbocycles. The summed E-state index contributed by atoms with van der Waals surface area (Å²) in [5.74, 6) is -0.267. The number of para-hydroxylation sites is 1. The van der Waals surface area contributed by atoms with Gasteiger partial charge < -0.3 is 5.32 Å². The number of nitrogens with zero attached hydrogens (tertiary/aromatic N) is 1. The Morgan fingerprint density at radius 2 is 1.15 bits per heavy atom. The van der Waals surface area contributed by atoms with Gasteiger partial charge in [-0.1, -0.05) is 78.9 Å². The Balaban J connectivity index is 1.82. The van der Waals surface area contributed by atoms with Crippen LogP contribution >= 0.6 is 0 Å². The van der Waals surface area contributed by atoms with E-state index in [9.17, 15) is 9.59 Å². The van der Waals surface area contributed by atoms with Gasteiger partial charge in [-0.15, -0.1) is 0 Å². The van der Waals surface area contributed by atoms with Crippen molar-refractivity contribution in [2.24, 2.45) is 5.10 Å². The number of hydrogen-bond donors (Lipinski definition) is 2. The Hall–Kier alpha value is -3.73. The van der Waals surface area contributed by atoms with Gasteiger partial charge >= 0.3 is 6.03 Å². The summed E-state index contributed by atoms with van der Waals surface area (Å²) in [5.41, 5.74) is 4.33. The van der Waals surface area contributed by atoms with Gasteiger partial charge in [0.25, 0.3) is 0 Å². The maximum absolute atomic E-state index is 12.8. The molecule has 0 heterocycles. The summed E-state index contributed by atoms with van der Waals surface area (Å²) >= 11 is 0. The molecule has 3 rings (SSSR count). The summed E-state index contributed by atoms with van der Waals surface area (Å²) in [5, 5.41) is 6.73. The maximum Gasteiger partial charge on any atom is 0.339 e. The second-order valence-corrected chi connectivity index (χ2v) is 5.45. The van der Waals surface area contributed by atoms with E-state index in [2.05, 4.69) is 15.8 Å². The van der Waals surface area contributed by atoms with Gasteiger partial charge in [0.05, 0.1) is 0 Å². The first-order valence-electron chi connectivity index (χ1n) is 8.09. The van der Waals surface area contributed by atoms with E-state index in [1.54, 1.807) is 48.5 Å². The highest BCUT2D eigenvalue weighted by Crippen LogP contribution is 2.09. The molecule has 3 aromatic rings. The molecule has 0 spiro atoms. The maximum atomic E-state index is 12.8. The van der Waals surface area contributed by atoms with Crippen LogP contribution in [0.3, 0.4) is 0 Å². The van der Waals surface area contributed by atoms with Crippen LogP contribution in [-0.4, -0.2) is 17.5 Å². The molecule has 2 N–H and O–H groups in total. The van der Waals surface area contributed by atoms with Crippen LogP contribution in [0.1, 0.15) is 15.9 Å². The lowest BCUT2D eigenvalue weighted by molar-refractivity contribution is 0.106. The van der Waals surface area contributed by atoms with Crippen molar-refractivity contribution in [3.05, 3.63) is 102 Å². The normalized spacial score (nSPS) is 10.8. The molecular weight excluding hydrogens is 326 g/mol. The molecule has 0 fully saturated rings. The standard InChI is InChI=1S/C21H17N3O2/c25-20(17-12-6-2-7-13-17)19(16-10-4-1-5-11-16)23-24-21(26)22-18-14-8-3-9-15-18/h1-15H,(H2,22,24,26)/b23-19+. The Morgan fingerprint density at radius 1 is 0.654 bits per heavy atom. The van der Waals surface area contributed by atoms with E-state index in [1.807, 2.05) is 42.5 Å². The summed E-state index contributed by atoms with van der Waals surface area (Å²) in [6.45, 7) is 0. The minimum atomic E-state index is -0.523. The molecule has 0 aromatic heterocycles. The number of ketones is 1. The van der Waals surface area contributed by atoms with E-state index >= 15 is 0 Å². The lowest BCUT2D eigenvalue weighted by Crippen LogP contribution is -2.28. The van der Waals surface area contributed by atoms with Crippen molar-refractivity contribution in [3.63, 3.8) is 0 Å². The molecule has 0 bridgehead atoms. The second-order valence-electron chi connectivity index (χ2n) is 5.45. The van der Waals surface area contributed by atoms with Crippen molar-refractivity contribution >= 4 is 23.2 Å². The molecule has 0 radical (unpaired) electrons. The van der Waals surface area contributed by atoms with Crippen molar-refractivity contribution in [3.8, 4) is 0 Å². The highest BCUT2D eigenvalue weighted by atomic mass is 16.2. The van der Waals surface area contributed by atoms with Gasteiger partial charge in [-0.2, -0.15) is 5.10 Å². The van der Waals surface area contributed by atoms with E-state index < -0.39 is 6.03 Å². The number of Topliss-reactive ketones (excluding diaryl/α,β-unsaturated/α-hetero) is 1. The third-order valence-corrected chi connectivity index (χ3v) is 3.60. The molecule has 3 aromatic carbocycles. The van der Waals surface area contributed by atoms with Gasteiger partial charge in [0.1, 0.15) is 5.71 Å². The number of benzene rings is 3. The number of amides is 2. The van der Waals surface area contributed by atoms with Gasteiger partial charge in [0.2, 0.25) is 5.78 Å². The zero-order valence-corrected chi connectivity index (χ0v) is 13.9. The largest absolute Gasteiger partial charge is 0.339 e. The number of hydrazone groups is 1. The van der Waals surface area contributed by atoms with Gasteiger partial charge in [-0.25, -0.2) is 10.2 Å². The average Bonchev–Trinajstić information content (AvgIpc) is 2.70. The van der Waals surface area contributed by atoms with E-state index in [0.717, 1.165) is 0 Å². The molecule has 5 nitrogen and oxygen atoms in total. The number of urea groups is 1. The average molecular weight is 343 g/mol. The first-order chi connectivity index (χ1) is 12.7. The first-order valence-corrected chi connectivity index (χ1v) is 8.09. The fourth-order valence-electron chi connectivity index (χ4n) is 2.36. The molecule has 0 saturated heterocycles. The zero-order valence-electron chi connectivity index (χ0n) is 13.9. The Bertz CT molecular complexity index is 908. The number of carbonyl (C=O) groups is 2. The van der Waals surface area contributed by atoms with Gasteiger partial charge in [-0.05, 0) is 12.1 Å². The van der Waals surface area contributed by atoms with Crippen molar-refractivity contribution in [2.45, 2.75) is 0 Å². The number of rotatable bonds is 5. The van der Waals surface area contributed by atoms with Crippen LogP contribution in [-0.2, 0) is 0 Å². The number of hydrogen-bond acceptors (Lipinski definition) is 3. The fourth-order valence-corrected chi connectivity index (χ4v) is 2.36. The lowest BCUT2D eigenvalue weighted by Gasteiger charge is -2.08. The Morgan fingerprint density at radius 3 is 1.73 bits per heavy atom. The first kappa shape index (κ1) is 17.1. The smallest absolute Gasteiger partial charge is 0.307 e. The van der Waals surface area contributed by atoms with Crippen LogP contribution in [0.4, 0.5) is 10.5 Å². The van der Waals surface area contributed by atoms with E-state index in [1.165, 1.54) is 0 Å². The van der Waals surface area contributed by atoms with Crippen LogP contribution in [0.2, 0.25) is 0 Å². The predicted molar refractivity (Wildman–Crippen MR) is 102 cm³/mol. The molecule has 5 heteroatoms. The number of nitrogens with one attached hydrogen (secondary N) is 2. The second kappa shape index (κ2) is 8.39. The zero-order chi connectivity index (χ0) is 18.2. The summed E-state index contributed by atoms with van der Waals surface area (Å²) in [4.78, 5) is 24.9. The number of carbonyl (C=O) groups excluding carboxylic acids is 2. The van der Waals surface area contributed by atoms with E-state index in [-0.39, 0.29) is 11.5 Å². The van der Waals surface area contributed by atoms with Gasteiger partial charge in [0, 0.05) is 16.8 Å². The lowest BCUT2D eigenvalue weighted by atomic mass is 10.0. The van der Waals surface area contributed by atoms with Crippen molar-refractivity contribution in [2.75, 3.05) is 5.32 Å². The van der Waals surface area contributed by atoms with Crippen LogP contribution in [0.15, 0.2) is 96.1 Å². The summed E-state index contributed by atoms with van der Waals surface area (Å²) in [6.07, 6.45) is 0. The topological polar surface area (TPSA) is 70.6 Å². The van der Waals surface area contributed by atoms with E-state index in [0.29, 0.717) is 16.8 Å². The van der Waals surface area contributed by atoms with E-state index in [4.69, 9.17) is 0 Å². The van der Waals surface area contributed by atoms with Crippen molar-refractivity contribution in [1.82, 2.24) is 5.43 Å². The molecular formula is C21H17N3O2. The fraction of sp³-hybridized carbons (Fsp3) is 0. The molecule has 0 aliphatic rings. The van der Waals surface area contributed by atoms with Crippen LogP contribution in [0.5, 0.6) is 0 Å². The Kier molecular flexibility index (Phi) is 5.52. The Labute approximate surface area is 151 Å². The minimum absolute atomic E-state index is 0.167. The summed E-state index contributed by atoms with van der Waals surface area (Å²) in [6, 6.07) is 26.3. The quantitative estimate of drug-likeness (QED) is 0.416. The molecule has 0 unspecified atom stereocenters. The third-order valence-electron chi connectivity index (χ3n) is 3.60. The highest BCUT2D eigenvalue weighted by Gasteiger charge is 2.16. The van der Waals surface area contributed by atoms with Gasteiger partial charge in [0.15, 0.2) is 0 Å². The summed E-state index contributed by atoms with van der Waals surface area (Å²) < 4.78 is 0. The third kappa shape index (κ3) is 4.42. The monoisotopic (exact) mass is 343 g/mol. The molecule has 128 valence electrons. The predicted octanol–water partition coefficient (Wildman–Crippen LogP) is 4.10. The van der Waals surface area contributed by atoms with Crippen molar-refractivity contribution in [1.29, 1.82) is 0 Å². The van der Waals surface area contributed by atoms with Crippen molar-refractivity contribution < 1.29 is 9.59 Å². The van der Waals surface area contributed by atoms with Crippen LogP contribution in [0, 0.1) is 0 Å². The highest BCUT2D eigenvalue weighted by molar-refractivity contribution is 6.51. The SMILES string of the molecule is O=C(N/N=C(/C(=O)c1ccccc1)c1ccccc1)Nc1ccccc1. The van der Waals surface area contributed by atoms with Crippen LogP contribution in [0.25, 0.3) is 0 Å². The van der Waals surface area contributed by atoms with Gasteiger partial charge in [-0.3, -0.25) is 4.79 Å². The molecule has 2 amide bonds. The number of anilines is 1. The summed E-state index contributed by atoms with van der Waals surface area (Å²) in [7, 11) is 0.